The molecule has 3 nitrogen and oxygen atoms in total. The number of aliphatic hydroxyl groups is 2. The summed E-state index contributed by atoms with van der Waals surface area (Å²) in [5.74, 6) is 2.11. The Morgan fingerprint density at radius 1 is 1.27 bits per heavy atom. The number of benzene rings is 1. The van der Waals surface area contributed by atoms with Gasteiger partial charge in [0.1, 0.15) is 5.75 Å². The summed E-state index contributed by atoms with van der Waals surface area (Å²) in [7, 11) is 0. The Labute approximate surface area is 132 Å². The number of aromatic hydroxyl groups is 1. The number of fused-ring (bicyclic) bond motifs is 5. The van der Waals surface area contributed by atoms with Crippen molar-refractivity contribution in [2.45, 2.75) is 51.0 Å². The lowest BCUT2D eigenvalue weighted by Crippen LogP contribution is -2.44. The van der Waals surface area contributed by atoms with Crippen molar-refractivity contribution in [2.75, 3.05) is 6.61 Å². The first-order valence-electron chi connectivity index (χ1n) is 8.65. The number of aliphatic hydroxyl groups excluding tert-OH is 2. The number of phenols is 1. The molecule has 3 N–H and O–H groups in total. The lowest BCUT2D eigenvalue weighted by atomic mass is 9.55. The molecule has 0 spiro atoms. The Morgan fingerprint density at radius 3 is 2.86 bits per heavy atom. The normalized spacial score (nSPS) is 43.3. The maximum Gasteiger partial charge on any atom is 0.115 e. The average molecular weight is 302 g/mol. The molecule has 0 radical (unpaired) electrons. The van der Waals surface area contributed by atoms with Gasteiger partial charge in [-0.2, -0.15) is 0 Å². The van der Waals surface area contributed by atoms with Crippen molar-refractivity contribution in [3.63, 3.8) is 0 Å². The summed E-state index contributed by atoms with van der Waals surface area (Å²) in [6, 6.07) is 5.85. The summed E-state index contributed by atoms with van der Waals surface area (Å²) >= 11 is 0. The second-order valence-corrected chi connectivity index (χ2v) is 7.97. The minimum atomic E-state index is -0.357. The van der Waals surface area contributed by atoms with Gasteiger partial charge in [0.2, 0.25) is 0 Å². The molecule has 0 amide bonds. The molecular weight excluding hydrogens is 276 g/mol. The molecule has 120 valence electrons. The zero-order valence-electron chi connectivity index (χ0n) is 13.2. The fourth-order valence-electron chi connectivity index (χ4n) is 5.90. The van der Waals surface area contributed by atoms with Crippen molar-refractivity contribution < 1.29 is 15.3 Å². The quantitative estimate of drug-likeness (QED) is 0.747. The Balaban J connectivity index is 1.69. The third-order valence-electron chi connectivity index (χ3n) is 7.06. The first-order valence-corrected chi connectivity index (χ1v) is 8.65. The first-order chi connectivity index (χ1) is 10.5. The lowest BCUT2D eigenvalue weighted by Gasteiger charge is -2.50. The highest BCUT2D eigenvalue weighted by molar-refractivity contribution is 5.40. The second-order valence-electron chi connectivity index (χ2n) is 7.97. The van der Waals surface area contributed by atoms with Gasteiger partial charge in [-0.1, -0.05) is 13.0 Å². The molecule has 0 aliphatic heterocycles. The largest absolute Gasteiger partial charge is 0.508 e. The van der Waals surface area contributed by atoms with Gasteiger partial charge in [0, 0.05) is 12.5 Å². The number of phenolic OH excluding ortho intramolecular Hbond substituents is 1. The Hall–Kier alpha value is -1.06. The maximum absolute atomic E-state index is 10.7. The maximum atomic E-state index is 10.7. The number of rotatable bonds is 1. The van der Waals surface area contributed by atoms with Crippen LogP contribution in [0, 0.1) is 23.2 Å². The molecule has 0 bridgehead atoms. The summed E-state index contributed by atoms with van der Waals surface area (Å²) in [6.45, 7) is 2.34. The van der Waals surface area contributed by atoms with Gasteiger partial charge in [0.15, 0.2) is 0 Å². The molecule has 4 rings (SSSR count). The third-order valence-corrected chi connectivity index (χ3v) is 7.06. The summed E-state index contributed by atoms with van der Waals surface area (Å²) in [4.78, 5) is 0. The van der Waals surface area contributed by atoms with Gasteiger partial charge in [-0.15, -0.1) is 0 Å². The van der Waals surface area contributed by atoms with E-state index in [1.165, 1.54) is 11.1 Å². The Morgan fingerprint density at radius 2 is 2.09 bits per heavy atom. The minimum absolute atomic E-state index is 0.0248. The van der Waals surface area contributed by atoms with Crippen molar-refractivity contribution >= 4 is 0 Å². The average Bonchev–Trinajstić information content (AvgIpc) is 2.78. The molecule has 2 saturated carbocycles. The van der Waals surface area contributed by atoms with Crippen molar-refractivity contribution in [3.05, 3.63) is 29.3 Å². The minimum Gasteiger partial charge on any atom is -0.508 e. The molecule has 1 aromatic rings. The van der Waals surface area contributed by atoms with Crippen LogP contribution in [0.3, 0.4) is 0 Å². The van der Waals surface area contributed by atoms with E-state index < -0.39 is 0 Å². The lowest BCUT2D eigenvalue weighted by molar-refractivity contribution is -0.0379. The molecule has 0 saturated heterocycles. The highest BCUT2D eigenvalue weighted by Crippen LogP contribution is 2.62. The summed E-state index contributed by atoms with van der Waals surface area (Å²) in [5.41, 5.74) is 2.70. The van der Waals surface area contributed by atoms with Crippen LogP contribution >= 0.6 is 0 Å². The highest BCUT2D eigenvalue weighted by atomic mass is 16.3. The van der Waals surface area contributed by atoms with Crippen LogP contribution in [0.25, 0.3) is 0 Å². The van der Waals surface area contributed by atoms with Crippen molar-refractivity contribution in [1.29, 1.82) is 0 Å². The first kappa shape index (κ1) is 14.5. The van der Waals surface area contributed by atoms with Gasteiger partial charge in [-0.25, -0.2) is 0 Å². The molecule has 3 heteroatoms. The van der Waals surface area contributed by atoms with Crippen molar-refractivity contribution in [3.8, 4) is 5.75 Å². The van der Waals surface area contributed by atoms with Gasteiger partial charge in [0.25, 0.3) is 0 Å². The molecule has 22 heavy (non-hydrogen) atoms. The molecule has 0 aromatic heterocycles. The van der Waals surface area contributed by atoms with Crippen LogP contribution in [-0.2, 0) is 6.42 Å². The Bertz CT molecular complexity index is 584. The zero-order chi connectivity index (χ0) is 15.5. The van der Waals surface area contributed by atoms with Gasteiger partial charge in [-0.05, 0) is 78.5 Å². The van der Waals surface area contributed by atoms with Crippen LogP contribution < -0.4 is 0 Å². The second kappa shape index (κ2) is 4.97. The van der Waals surface area contributed by atoms with E-state index in [0.29, 0.717) is 23.5 Å². The van der Waals surface area contributed by atoms with Crippen LogP contribution in [0.15, 0.2) is 18.2 Å². The van der Waals surface area contributed by atoms with Crippen molar-refractivity contribution in [2.24, 2.45) is 23.2 Å². The van der Waals surface area contributed by atoms with Crippen LogP contribution in [0.4, 0.5) is 0 Å². The molecule has 3 aliphatic carbocycles. The van der Waals surface area contributed by atoms with E-state index in [1.807, 2.05) is 12.1 Å². The van der Waals surface area contributed by atoms with Crippen LogP contribution in [-0.4, -0.2) is 28.0 Å². The standard InChI is InChI=1S/C19H26O3/c1-19-7-6-15-14-5-3-13(21)8-11(14)2-4-16(15)17(19)9-12(10-20)18(19)22/h3,5,8,12,15-18,20-22H,2,4,6-7,9-10H2,1H3/t12?,15-,16-,17+,18?,19+/m1/s1. The number of aryl methyl sites for hydroxylation is 1. The Kier molecular flexibility index (Phi) is 3.28. The van der Waals surface area contributed by atoms with E-state index >= 15 is 0 Å². The van der Waals surface area contributed by atoms with E-state index in [2.05, 4.69) is 13.0 Å². The molecule has 1 aromatic carbocycles. The van der Waals surface area contributed by atoms with E-state index in [9.17, 15) is 15.3 Å². The van der Waals surface area contributed by atoms with Gasteiger partial charge in [-0.3, -0.25) is 0 Å². The van der Waals surface area contributed by atoms with E-state index in [-0.39, 0.29) is 24.0 Å². The molecular formula is C19H26O3. The predicted molar refractivity (Wildman–Crippen MR) is 84.7 cm³/mol. The van der Waals surface area contributed by atoms with E-state index in [4.69, 9.17) is 0 Å². The van der Waals surface area contributed by atoms with Gasteiger partial charge in [0.05, 0.1) is 6.10 Å². The summed E-state index contributed by atoms with van der Waals surface area (Å²) < 4.78 is 0. The fraction of sp³-hybridized carbons (Fsp3) is 0.684. The van der Waals surface area contributed by atoms with Crippen molar-refractivity contribution in [1.82, 2.24) is 0 Å². The number of hydrogen-bond acceptors (Lipinski definition) is 3. The monoisotopic (exact) mass is 302 g/mol. The van der Waals surface area contributed by atoms with Crippen LogP contribution in [0.5, 0.6) is 5.75 Å². The van der Waals surface area contributed by atoms with E-state index in [0.717, 1.165) is 32.1 Å². The SMILES string of the molecule is C[C@]12CC[C@@H]3c4ccc(O)cc4CC[C@H]3[C@@H]1CC(CO)C2O. The van der Waals surface area contributed by atoms with Crippen LogP contribution in [0.2, 0.25) is 0 Å². The summed E-state index contributed by atoms with van der Waals surface area (Å²) in [5, 5.41) is 30.0. The molecule has 0 heterocycles. The van der Waals surface area contributed by atoms with Gasteiger partial charge >= 0.3 is 0 Å². The molecule has 2 fully saturated rings. The predicted octanol–water partition coefficient (Wildman–Crippen LogP) is 2.83. The fourth-order valence-corrected chi connectivity index (χ4v) is 5.90. The van der Waals surface area contributed by atoms with Gasteiger partial charge < -0.3 is 15.3 Å². The third kappa shape index (κ3) is 1.88. The van der Waals surface area contributed by atoms with E-state index in [1.54, 1.807) is 0 Å². The molecule has 6 atom stereocenters. The molecule has 3 aliphatic rings. The highest BCUT2D eigenvalue weighted by Gasteiger charge is 2.57. The topological polar surface area (TPSA) is 60.7 Å². The summed E-state index contributed by atoms with van der Waals surface area (Å²) in [6.07, 6.45) is 4.93. The molecule has 2 unspecified atom stereocenters. The smallest absolute Gasteiger partial charge is 0.115 e. The zero-order valence-corrected chi connectivity index (χ0v) is 13.2. The number of hydrogen-bond donors (Lipinski definition) is 3. The van der Waals surface area contributed by atoms with Crippen LogP contribution in [0.1, 0.15) is 49.7 Å².